The van der Waals surface area contributed by atoms with Crippen LogP contribution in [0.3, 0.4) is 0 Å². The van der Waals surface area contributed by atoms with Gasteiger partial charge in [0.15, 0.2) is 0 Å². The maximum atomic E-state index is 10.6. The van der Waals surface area contributed by atoms with Crippen LogP contribution in [0.4, 0.5) is 0 Å². The number of hydrogen-bond donors (Lipinski definition) is 1. The Labute approximate surface area is 86.9 Å². The molecule has 0 aliphatic heterocycles. The van der Waals surface area contributed by atoms with Crippen molar-refractivity contribution in [2.75, 3.05) is 0 Å². The van der Waals surface area contributed by atoms with Gasteiger partial charge < -0.3 is 5.73 Å². The van der Waals surface area contributed by atoms with Gasteiger partial charge in [-0.2, -0.15) is 0 Å². The molecule has 2 heteroatoms. The van der Waals surface area contributed by atoms with Crippen molar-refractivity contribution < 1.29 is 4.79 Å². The maximum absolute atomic E-state index is 10.6. The molecule has 0 spiro atoms. The highest BCUT2D eigenvalue weighted by Crippen LogP contribution is 2.14. The van der Waals surface area contributed by atoms with Gasteiger partial charge in [0.2, 0.25) is 5.91 Å². The van der Waals surface area contributed by atoms with Crippen LogP contribution in [-0.2, 0) is 4.79 Å². The third-order valence-electron chi connectivity index (χ3n) is 1.93. The molecule has 2 nitrogen and oxygen atoms in total. The second-order valence-electron chi connectivity index (χ2n) is 4.22. The van der Waals surface area contributed by atoms with Gasteiger partial charge in [0.1, 0.15) is 0 Å². The van der Waals surface area contributed by atoms with Crippen molar-refractivity contribution in [2.24, 2.45) is 17.6 Å². The van der Waals surface area contributed by atoms with Gasteiger partial charge in [-0.1, -0.05) is 39.8 Å². The van der Waals surface area contributed by atoms with Gasteiger partial charge in [-0.05, 0) is 23.8 Å². The molecule has 0 rings (SSSR count). The lowest BCUT2D eigenvalue weighted by Crippen LogP contribution is -2.06. The Hall–Kier alpha value is -1.05. The zero-order chi connectivity index (χ0) is 11.1. The maximum Gasteiger partial charge on any atom is 0.241 e. The van der Waals surface area contributed by atoms with E-state index in [1.807, 2.05) is 6.08 Å². The molecule has 0 aromatic rings. The number of allylic oxidation sites excluding steroid dienone is 3. The van der Waals surface area contributed by atoms with E-state index in [0.717, 1.165) is 6.42 Å². The minimum absolute atomic E-state index is 0.388. The minimum atomic E-state index is -0.388. The fourth-order valence-corrected chi connectivity index (χ4v) is 1.05. The fraction of sp³-hybridized carbons (Fsp3) is 0.583. The summed E-state index contributed by atoms with van der Waals surface area (Å²) in [5.41, 5.74) is 6.22. The number of carbonyl (C=O) groups is 1. The third-order valence-corrected chi connectivity index (χ3v) is 1.93. The lowest BCUT2D eigenvalue weighted by atomic mass is 9.99. The predicted molar refractivity (Wildman–Crippen MR) is 60.7 cm³/mol. The molecule has 80 valence electrons. The normalized spacial score (nSPS) is 13.1. The van der Waals surface area contributed by atoms with Crippen molar-refractivity contribution in [3.8, 4) is 0 Å². The minimum Gasteiger partial charge on any atom is -0.366 e. The Morgan fingerprint density at radius 1 is 1.21 bits per heavy atom. The number of carbonyl (C=O) groups excluding carboxylic acids is 1. The molecule has 0 fully saturated rings. The van der Waals surface area contributed by atoms with E-state index in [-0.39, 0.29) is 5.91 Å². The molecule has 0 aromatic heterocycles. The molecule has 0 saturated heterocycles. The topological polar surface area (TPSA) is 43.1 Å². The molecule has 0 bridgehead atoms. The van der Waals surface area contributed by atoms with Crippen LogP contribution in [0, 0.1) is 11.8 Å². The molecule has 0 aliphatic rings. The molecule has 1 amide bonds. The third kappa shape index (κ3) is 6.46. The van der Waals surface area contributed by atoms with Crippen molar-refractivity contribution in [1.29, 1.82) is 0 Å². The van der Waals surface area contributed by atoms with Crippen LogP contribution in [0.2, 0.25) is 0 Å². The van der Waals surface area contributed by atoms with Gasteiger partial charge in [0.05, 0.1) is 0 Å². The van der Waals surface area contributed by atoms with Crippen LogP contribution in [0.1, 0.15) is 34.1 Å². The van der Waals surface area contributed by atoms with Crippen LogP contribution >= 0.6 is 0 Å². The highest BCUT2D eigenvalue weighted by Gasteiger charge is 2.00. The molecule has 0 aliphatic carbocycles. The Morgan fingerprint density at radius 3 is 2.14 bits per heavy atom. The lowest BCUT2D eigenvalue weighted by molar-refractivity contribution is -0.113. The zero-order valence-corrected chi connectivity index (χ0v) is 9.58. The van der Waals surface area contributed by atoms with Crippen molar-refractivity contribution in [3.05, 3.63) is 23.8 Å². The fourth-order valence-electron chi connectivity index (χ4n) is 1.05. The first-order chi connectivity index (χ1) is 6.43. The summed E-state index contributed by atoms with van der Waals surface area (Å²) in [7, 11) is 0. The smallest absolute Gasteiger partial charge is 0.241 e. The van der Waals surface area contributed by atoms with Gasteiger partial charge in [0.25, 0.3) is 0 Å². The summed E-state index contributed by atoms with van der Waals surface area (Å²) >= 11 is 0. The zero-order valence-electron chi connectivity index (χ0n) is 9.58. The van der Waals surface area contributed by atoms with Crippen molar-refractivity contribution in [2.45, 2.75) is 34.1 Å². The van der Waals surface area contributed by atoms with E-state index in [9.17, 15) is 4.79 Å². The molecule has 0 atom stereocenters. The molecule has 0 aromatic carbocycles. The number of primary amides is 1. The first kappa shape index (κ1) is 12.9. The van der Waals surface area contributed by atoms with Crippen molar-refractivity contribution >= 4 is 5.91 Å². The Balaban J connectivity index is 4.44. The van der Waals surface area contributed by atoms with Crippen molar-refractivity contribution in [1.82, 2.24) is 0 Å². The number of rotatable bonds is 5. The van der Waals surface area contributed by atoms with Gasteiger partial charge in [0, 0.05) is 6.08 Å². The summed E-state index contributed by atoms with van der Waals surface area (Å²) in [5, 5.41) is 0. The first-order valence-electron chi connectivity index (χ1n) is 5.11. The standard InChI is InChI=1S/C12H21NO/c1-9(2)5-6-11(10(3)4)7-8-12(13)14/h6-10H,5H2,1-4H3,(H2,13,14)/b8-7-,11-6-. The quantitative estimate of drug-likeness (QED) is 0.532. The summed E-state index contributed by atoms with van der Waals surface area (Å²) < 4.78 is 0. The summed E-state index contributed by atoms with van der Waals surface area (Å²) in [6, 6.07) is 0. The van der Waals surface area contributed by atoms with Crippen LogP contribution in [0.5, 0.6) is 0 Å². The monoisotopic (exact) mass is 195 g/mol. The second-order valence-corrected chi connectivity index (χ2v) is 4.22. The molecule has 0 radical (unpaired) electrons. The van der Waals surface area contributed by atoms with Gasteiger partial charge in [-0.25, -0.2) is 0 Å². The second kappa shape index (κ2) is 6.41. The Bertz CT molecular complexity index is 237. The van der Waals surface area contributed by atoms with Gasteiger partial charge in [-0.15, -0.1) is 0 Å². The van der Waals surface area contributed by atoms with E-state index in [1.54, 1.807) is 0 Å². The summed E-state index contributed by atoms with van der Waals surface area (Å²) in [6.07, 6.45) is 6.45. The predicted octanol–water partition coefficient (Wildman–Crippen LogP) is 2.66. The van der Waals surface area contributed by atoms with Crippen LogP contribution in [0.15, 0.2) is 23.8 Å². The van der Waals surface area contributed by atoms with Gasteiger partial charge in [-0.3, -0.25) is 4.79 Å². The van der Waals surface area contributed by atoms with E-state index in [4.69, 9.17) is 5.73 Å². The number of hydrogen-bond acceptors (Lipinski definition) is 1. The van der Waals surface area contributed by atoms with Crippen LogP contribution in [-0.4, -0.2) is 5.91 Å². The molecule has 0 heterocycles. The first-order valence-corrected chi connectivity index (χ1v) is 5.11. The van der Waals surface area contributed by atoms with Crippen molar-refractivity contribution in [3.63, 3.8) is 0 Å². The summed E-state index contributed by atoms with van der Waals surface area (Å²) in [5.74, 6) is 0.691. The van der Waals surface area contributed by atoms with Gasteiger partial charge >= 0.3 is 0 Å². The molecular formula is C12H21NO. The average Bonchev–Trinajstić information content (AvgIpc) is 2.02. The van der Waals surface area contributed by atoms with E-state index in [2.05, 4.69) is 33.8 Å². The molecule has 14 heavy (non-hydrogen) atoms. The number of amides is 1. The molecule has 0 saturated carbocycles. The number of nitrogens with two attached hydrogens (primary N) is 1. The van der Waals surface area contributed by atoms with E-state index < -0.39 is 0 Å². The van der Waals surface area contributed by atoms with E-state index >= 15 is 0 Å². The summed E-state index contributed by atoms with van der Waals surface area (Å²) in [6.45, 7) is 8.56. The Morgan fingerprint density at radius 2 is 1.79 bits per heavy atom. The SMILES string of the molecule is CC(C)C/C=C(/C=C\C(N)=O)C(C)C. The van der Waals surface area contributed by atoms with E-state index in [1.165, 1.54) is 11.6 Å². The van der Waals surface area contributed by atoms with E-state index in [0.29, 0.717) is 11.8 Å². The largest absolute Gasteiger partial charge is 0.366 e. The molecular weight excluding hydrogens is 174 g/mol. The highest BCUT2D eigenvalue weighted by atomic mass is 16.1. The summed E-state index contributed by atoms with van der Waals surface area (Å²) in [4.78, 5) is 10.6. The highest BCUT2D eigenvalue weighted by molar-refractivity contribution is 5.86. The molecule has 0 unspecified atom stereocenters. The lowest BCUT2D eigenvalue weighted by Gasteiger charge is -2.07. The average molecular weight is 195 g/mol. The van der Waals surface area contributed by atoms with Crippen LogP contribution < -0.4 is 5.73 Å². The Kier molecular flexibility index (Phi) is 5.93. The molecule has 2 N–H and O–H groups in total. The van der Waals surface area contributed by atoms with Crippen LogP contribution in [0.25, 0.3) is 0 Å².